The Bertz CT molecular complexity index is 303. The van der Waals surface area contributed by atoms with Gasteiger partial charge in [0.05, 0.1) is 11.0 Å². The average molecular weight is 286 g/mol. The van der Waals surface area contributed by atoms with E-state index in [1.165, 1.54) is 0 Å². The smallest absolute Gasteiger partial charge is 0.221 e. The van der Waals surface area contributed by atoms with Crippen LogP contribution in [0.5, 0.6) is 0 Å². The molecule has 0 aromatic rings. The van der Waals surface area contributed by atoms with E-state index in [9.17, 15) is 4.79 Å². The number of thiocarbonyl (C=S) groups is 1. The van der Waals surface area contributed by atoms with Crippen LogP contribution in [-0.2, 0) is 4.79 Å². The number of hydrogen-bond acceptors (Lipinski definition) is 4. The zero-order valence-electron chi connectivity index (χ0n) is 12.0. The molecule has 19 heavy (non-hydrogen) atoms. The van der Waals surface area contributed by atoms with Crippen LogP contribution >= 0.6 is 12.2 Å². The molecule has 0 aromatic heterocycles. The number of piperazine rings is 1. The minimum absolute atomic E-state index is 0.106. The van der Waals surface area contributed by atoms with Crippen LogP contribution in [0, 0.1) is 0 Å². The number of nitrogens with two attached hydrogens (primary N) is 1. The molecule has 1 rings (SSSR count). The highest BCUT2D eigenvalue weighted by molar-refractivity contribution is 7.80. The summed E-state index contributed by atoms with van der Waals surface area (Å²) in [6.45, 7) is 6.93. The lowest BCUT2D eigenvalue weighted by atomic mass is 10.1. The van der Waals surface area contributed by atoms with E-state index in [0.717, 1.165) is 45.6 Å². The van der Waals surface area contributed by atoms with Crippen molar-refractivity contribution in [2.45, 2.75) is 32.2 Å². The Hall–Kier alpha value is -0.720. The van der Waals surface area contributed by atoms with E-state index >= 15 is 0 Å². The molecule has 110 valence electrons. The maximum atomic E-state index is 11.2. The van der Waals surface area contributed by atoms with Gasteiger partial charge in [-0.3, -0.25) is 9.69 Å². The molecule has 0 spiro atoms. The van der Waals surface area contributed by atoms with E-state index in [4.69, 9.17) is 18.0 Å². The molecule has 1 heterocycles. The van der Waals surface area contributed by atoms with Crippen LogP contribution in [0.25, 0.3) is 0 Å². The molecule has 5 nitrogen and oxygen atoms in total. The van der Waals surface area contributed by atoms with Crippen LogP contribution in [0.2, 0.25) is 0 Å². The van der Waals surface area contributed by atoms with Crippen LogP contribution in [0.3, 0.4) is 0 Å². The molecule has 0 aromatic carbocycles. The number of nitrogens with zero attached hydrogens (tertiary/aromatic N) is 2. The Morgan fingerprint density at radius 3 is 2.47 bits per heavy atom. The fourth-order valence-electron chi connectivity index (χ4n) is 2.46. The molecule has 3 N–H and O–H groups in total. The quantitative estimate of drug-likeness (QED) is 0.655. The Balaban J connectivity index is 2.34. The van der Waals surface area contributed by atoms with Gasteiger partial charge in [0, 0.05) is 46.2 Å². The third-order valence-electron chi connectivity index (χ3n) is 3.67. The zero-order valence-corrected chi connectivity index (χ0v) is 12.8. The number of hydrogen-bond donors (Lipinski definition) is 2. The van der Waals surface area contributed by atoms with Crippen molar-refractivity contribution in [3.05, 3.63) is 0 Å². The summed E-state index contributed by atoms with van der Waals surface area (Å²) in [7, 11) is 1.68. The van der Waals surface area contributed by atoms with Gasteiger partial charge < -0.3 is 16.0 Å². The van der Waals surface area contributed by atoms with E-state index in [1.54, 1.807) is 7.05 Å². The zero-order chi connectivity index (χ0) is 14.3. The van der Waals surface area contributed by atoms with Gasteiger partial charge in [-0.15, -0.1) is 0 Å². The van der Waals surface area contributed by atoms with Gasteiger partial charge in [0.2, 0.25) is 5.91 Å². The second-order valence-electron chi connectivity index (χ2n) is 5.01. The van der Waals surface area contributed by atoms with Crippen molar-refractivity contribution in [1.29, 1.82) is 0 Å². The van der Waals surface area contributed by atoms with Crippen molar-refractivity contribution in [3.8, 4) is 0 Å². The minimum Gasteiger partial charge on any atom is -0.392 e. The molecule has 1 aliphatic heterocycles. The second kappa shape index (κ2) is 8.45. The highest BCUT2D eigenvalue weighted by atomic mass is 32.1. The van der Waals surface area contributed by atoms with Crippen molar-refractivity contribution >= 4 is 23.1 Å². The summed E-state index contributed by atoms with van der Waals surface area (Å²) in [6.07, 6.45) is 2.71. The average Bonchev–Trinajstić information content (AvgIpc) is 2.42. The molecule has 1 atom stereocenters. The third kappa shape index (κ3) is 5.42. The van der Waals surface area contributed by atoms with E-state index in [0.29, 0.717) is 11.4 Å². The van der Waals surface area contributed by atoms with Gasteiger partial charge >= 0.3 is 0 Å². The lowest BCUT2D eigenvalue weighted by molar-refractivity contribution is -0.121. The third-order valence-corrected chi connectivity index (χ3v) is 3.94. The van der Waals surface area contributed by atoms with Gasteiger partial charge in [0.1, 0.15) is 0 Å². The van der Waals surface area contributed by atoms with Crippen LogP contribution in [0.15, 0.2) is 0 Å². The molecule has 0 radical (unpaired) electrons. The Kier molecular flexibility index (Phi) is 7.27. The number of carbonyl (C=O) groups excluding carboxylic acids is 1. The number of nitrogens with one attached hydrogen (secondary N) is 1. The molecule has 1 saturated heterocycles. The SMILES string of the molecule is CCCC(C(N)=S)N1CCN(CCC(=O)NC)CC1. The standard InChI is InChI=1S/C13H26N4OS/c1-3-4-11(13(14)19)17-9-7-16(8-10-17)6-5-12(18)15-2/h11H,3-10H2,1-2H3,(H2,14,19)(H,15,18). The van der Waals surface area contributed by atoms with Crippen LogP contribution in [-0.4, -0.2) is 66.5 Å². The molecule has 0 saturated carbocycles. The maximum absolute atomic E-state index is 11.2. The summed E-state index contributed by atoms with van der Waals surface area (Å²) in [6, 6.07) is 0.237. The second-order valence-corrected chi connectivity index (χ2v) is 5.48. The Morgan fingerprint density at radius 2 is 2.00 bits per heavy atom. The fourth-order valence-corrected chi connectivity index (χ4v) is 2.73. The highest BCUT2D eigenvalue weighted by Gasteiger charge is 2.24. The van der Waals surface area contributed by atoms with E-state index in [2.05, 4.69) is 22.0 Å². The Labute approximate surface area is 121 Å². The first-order valence-electron chi connectivity index (χ1n) is 7.04. The summed E-state index contributed by atoms with van der Waals surface area (Å²) in [5, 5.41) is 2.65. The summed E-state index contributed by atoms with van der Waals surface area (Å²) >= 11 is 5.16. The van der Waals surface area contributed by atoms with E-state index in [-0.39, 0.29) is 11.9 Å². The largest absolute Gasteiger partial charge is 0.392 e. The van der Waals surface area contributed by atoms with Gasteiger partial charge in [0.25, 0.3) is 0 Å². The summed E-state index contributed by atoms with van der Waals surface area (Å²) in [5.74, 6) is 0.106. The van der Waals surface area contributed by atoms with Crippen LogP contribution < -0.4 is 11.1 Å². The van der Waals surface area contributed by atoms with Crippen molar-refractivity contribution in [2.24, 2.45) is 5.73 Å². The van der Waals surface area contributed by atoms with Crippen molar-refractivity contribution in [3.63, 3.8) is 0 Å². The lowest BCUT2D eigenvalue weighted by Crippen LogP contribution is -2.54. The molecular weight excluding hydrogens is 260 g/mol. The summed E-state index contributed by atoms with van der Waals surface area (Å²) < 4.78 is 0. The molecule has 0 bridgehead atoms. The summed E-state index contributed by atoms with van der Waals surface area (Å²) in [5.41, 5.74) is 5.83. The molecular formula is C13H26N4OS. The van der Waals surface area contributed by atoms with Gasteiger partial charge in [-0.05, 0) is 6.42 Å². The first-order valence-corrected chi connectivity index (χ1v) is 7.45. The maximum Gasteiger partial charge on any atom is 0.221 e. The molecule has 1 aliphatic rings. The minimum atomic E-state index is 0.106. The fraction of sp³-hybridized carbons (Fsp3) is 0.846. The highest BCUT2D eigenvalue weighted by Crippen LogP contribution is 2.11. The first-order chi connectivity index (χ1) is 9.08. The summed E-state index contributed by atoms with van der Waals surface area (Å²) in [4.78, 5) is 16.5. The van der Waals surface area contributed by atoms with E-state index in [1.807, 2.05) is 0 Å². The van der Waals surface area contributed by atoms with Crippen LogP contribution in [0.4, 0.5) is 0 Å². The van der Waals surface area contributed by atoms with Crippen molar-refractivity contribution < 1.29 is 4.79 Å². The van der Waals surface area contributed by atoms with Gasteiger partial charge in [0.15, 0.2) is 0 Å². The molecule has 1 fully saturated rings. The predicted octanol–water partition coefficient (Wildman–Crippen LogP) is 0.195. The molecule has 1 amide bonds. The van der Waals surface area contributed by atoms with Crippen LogP contribution in [0.1, 0.15) is 26.2 Å². The van der Waals surface area contributed by atoms with Gasteiger partial charge in [-0.2, -0.15) is 0 Å². The number of carbonyl (C=O) groups is 1. The number of rotatable bonds is 7. The van der Waals surface area contributed by atoms with Crippen molar-refractivity contribution in [2.75, 3.05) is 39.8 Å². The predicted molar refractivity (Wildman–Crippen MR) is 82.2 cm³/mol. The lowest BCUT2D eigenvalue weighted by Gasteiger charge is -2.38. The van der Waals surface area contributed by atoms with Crippen molar-refractivity contribution in [1.82, 2.24) is 15.1 Å². The molecule has 0 aliphatic carbocycles. The monoisotopic (exact) mass is 286 g/mol. The molecule has 6 heteroatoms. The first kappa shape index (κ1) is 16.3. The van der Waals surface area contributed by atoms with Gasteiger partial charge in [-0.25, -0.2) is 0 Å². The number of amides is 1. The topological polar surface area (TPSA) is 61.6 Å². The van der Waals surface area contributed by atoms with E-state index < -0.39 is 0 Å². The normalized spacial score (nSPS) is 19.1. The molecule has 1 unspecified atom stereocenters. The van der Waals surface area contributed by atoms with Gasteiger partial charge in [-0.1, -0.05) is 25.6 Å². The Morgan fingerprint density at radius 1 is 1.37 bits per heavy atom.